The molecule has 1 unspecified atom stereocenters. The van der Waals surface area contributed by atoms with Crippen molar-refractivity contribution in [3.8, 4) is 0 Å². The second-order valence-electron chi connectivity index (χ2n) is 8.98. The summed E-state index contributed by atoms with van der Waals surface area (Å²) in [7, 11) is 0. The zero-order valence-corrected chi connectivity index (χ0v) is 15.9. The van der Waals surface area contributed by atoms with E-state index in [9.17, 15) is 19.2 Å². The van der Waals surface area contributed by atoms with Crippen LogP contribution in [0.4, 0.5) is 0 Å². The summed E-state index contributed by atoms with van der Waals surface area (Å²) in [6, 6.07) is 4.56. The average molecular weight is 368 g/mol. The molecule has 27 heavy (non-hydrogen) atoms. The average Bonchev–Trinajstić information content (AvgIpc) is 2.77. The van der Waals surface area contributed by atoms with Crippen molar-refractivity contribution >= 4 is 23.6 Å². The summed E-state index contributed by atoms with van der Waals surface area (Å²) in [6.07, 6.45) is 2.48. The summed E-state index contributed by atoms with van der Waals surface area (Å²) in [6.45, 7) is 6.74. The molecule has 1 aliphatic carbocycles. The Labute approximate surface area is 158 Å². The molecule has 142 valence electrons. The molecule has 1 aromatic carbocycles. The second kappa shape index (κ2) is 6.01. The number of benzene rings is 1. The quantitative estimate of drug-likeness (QED) is 0.814. The largest absolute Gasteiger partial charge is 0.295 e. The molecule has 2 aliphatic heterocycles. The molecular weight excluding hydrogens is 344 g/mol. The molecule has 0 aromatic heterocycles. The fraction of sp³-hybridized carbons (Fsp3) is 0.524. The molecule has 0 bridgehead atoms. The lowest BCUT2D eigenvalue weighted by molar-refractivity contribution is -0.136. The molecule has 1 atom stereocenters. The molecule has 2 heterocycles. The Balaban J connectivity index is 1.56. The van der Waals surface area contributed by atoms with Gasteiger partial charge in [0.25, 0.3) is 11.8 Å². The van der Waals surface area contributed by atoms with Crippen LogP contribution in [0.2, 0.25) is 0 Å². The third-order valence-electron chi connectivity index (χ3n) is 6.30. The van der Waals surface area contributed by atoms with Gasteiger partial charge in [0, 0.05) is 6.42 Å². The Morgan fingerprint density at radius 1 is 1.00 bits per heavy atom. The second-order valence-corrected chi connectivity index (χ2v) is 8.98. The molecule has 2 fully saturated rings. The lowest BCUT2D eigenvalue weighted by Crippen LogP contribution is -2.54. The monoisotopic (exact) mass is 368 g/mol. The number of hydrogen-bond acceptors (Lipinski definition) is 4. The van der Waals surface area contributed by atoms with Crippen molar-refractivity contribution in [1.82, 2.24) is 10.2 Å². The number of rotatable bonds is 2. The maximum atomic E-state index is 12.9. The first-order chi connectivity index (χ1) is 12.7. The fourth-order valence-electron chi connectivity index (χ4n) is 4.34. The van der Waals surface area contributed by atoms with Crippen LogP contribution < -0.4 is 5.32 Å². The van der Waals surface area contributed by atoms with Gasteiger partial charge < -0.3 is 0 Å². The first-order valence-corrected chi connectivity index (χ1v) is 9.52. The van der Waals surface area contributed by atoms with Gasteiger partial charge in [-0.2, -0.15) is 0 Å². The van der Waals surface area contributed by atoms with Crippen molar-refractivity contribution in [3.05, 3.63) is 34.9 Å². The molecule has 6 nitrogen and oxygen atoms in total. The van der Waals surface area contributed by atoms with Gasteiger partial charge in [-0.15, -0.1) is 0 Å². The van der Waals surface area contributed by atoms with E-state index in [2.05, 4.69) is 26.1 Å². The molecule has 1 N–H and O–H groups in total. The summed E-state index contributed by atoms with van der Waals surface area (Å²) in [4.78, 5) is 50.1. The van der Waals surface area contributed by atoms with Gasteiger partial charge >= 0.3 is 0 Å². The van der Waals surface area contributed by atoms with Crippen molar-refractivity contribution in [2.75, 3.05) is 0 Å². The van der Waals surface area contributed by atoms with Crippen molar-refractivity contribution in [3.63, 3.8) is 0 Å². The van der Waals surface area contributed by atoms with Crippen LogP contribution in [0.5, 0.6) is 0 Å². The zero-order chi connectivity index (χ0) is 19.5. The van der Waals surface area contributed by atoms with Gasteiger partial charge in [0.15, 0.2) is 0 Å². The van der Waals surface area contributed by atoms with Crippen molar-refractivity contribution in [1.29, 1.82) is 0 Å². The molecule has 1 aromatic rings. The minimum absolute atomic E-state index is 0.130. The lowest BCUT2D eigenvalue weighted by atomic mass is 9.61. The summed E-state index contributed by atoms with van der Waals surface area (Å²) in [5.41, 5.74) is 2.09. The number of nitrogens with zero attached hydrogens (tertiary/aromatic N) is 1. The smallest absolute Gasteiger partial charge is 0.262 e. The van der Waals surface area contributed by atoms with Gasteiger partial charge in [0.2, 0.25) is 11.8 Å². The number of carbonyl (C=O) groups excluding carboxylic acids is 4. The number of fused-ring (bicyclic) bond motifs is 1. The Morgan fingerprint density at radius 2 is 1.67 bits per heavy atom. The summed E-state index contributed by atoms with van der Waals surface area (Å²) in [5.74, 6) is -0.753. The molecule has 0 spiro atoms. The highest BCUT2D eigenvalue weighted by atomic mass is 16.2. The van der Waals surface area contributed by atoms with Gasteiger partial charge in [0.05, 0.1) is 11.1 Å². The van der Waals surface area contributed by atoms with Gasteiger partial charge in [-0.05, 0) is 54.2 Å². The van der Waals surface area contributed by atoms with E-state index < -0.39 is 23.8 Å². The van der Waals surface area contributed by atoms with Crippen LogP contribution in [0.15, 0.2) is 18.2 Å². The molecular formula is C21H24N2O4. The number of piperidine rings is 1. The Bertz CT molecular complexity index is 861. The molecule has 4 amide bonds. The number of imide groups is 2. The number of amides is 4. The predicted octanol–water partition coefficient (Wildman–Crippen LogP) is 2.63. The number of hydrogen-bond donors (Lipinski definition) is 1. The minimum Gasteiger partial charge on any atom is -0.295 e. The van der Waals surface area contributed by atoms with E-state index in [1.807, 2.05) is 12.1 Å². The standard InChI is InChI=1S/C21H24N2O4/c1-21(2,3)13-8-12(9-13)11-4-5-14-15(10-11)20(27)23(19(14)26)16-6-7-17(24)22-18(16)25/h4-5,10,12-13,16H,6-9H2,1-3H3,(H,22,24,25). The zero-order valence-electron chi connectivity index (χ0n) is 15.9. The molecule has 4 rings (SSSR count). The summed E-state index contributed by atoms with van der Waals surface area (Å²) >= 11 is 0. The Morgan fingerprint density at radius 3 is 2.30 bits per heavy atom. The van der Waals surface area contributed by atoms with Crippen LogP contribution in [-0.2, 0) is 9.59 Å². The topological polar surface area (TPSA) is 83.6 Å². The molecule has 3 aliphatic rings. The van der Waals surface area contributed by atoms with E-state index in [0.29, 0.717) is 23.0 Å². The van der Waals surface area contributed by atoms with E-state index >= 15 is 0 Å². The normalized spacial score (nSPS) is 28.1. The van der Waals surface area contributed by atoms with E-state index in [-0.39, 0.29) is 24.2 Å². The first kappa shape index (κ1) is 17.9. The van der Waals surface area contributed by atoms with Gasteiger partial charge in [-0.3, -0.25) is 29.4 Å². The molecule has 1 saturated heterocycles. The predicted molar refractivity (Wildman–Crippen MR) is 98.0 cm³/mol. The van der Waals surface area contributed by atoms with Crippen LogP contribution in [0, 0.1) is 11.3 Å². The minimum atomic E-state index is -0.910. The van der Waals surface area contributed by atoms with Crippen molar-refractivity contribution in [2.24, 2.45) is 11.3 Å². The highest BCUT2D eigenvalue weighted by Crippen LogP contribution is 2.50. The third kappa shape index (κ3) is 2.87. The fourth-order valence-corrected chi connectivity index (χ4v) is 4.34. The van der Waals surface area contributed by atoms with E-state index in [0.717, 1.165) is 23.3 Å². The Hall–Kier alpha value is -2.50. The summed E-state index contributed by atoms with van der Waals surface area (Å²) < 4.78 is 0. The molecule has 1 saturated carbocycles. The highest BCUT2D eigenvalue weighted by molar-refractivity contribution is 6.23. The van der Waals surface area contributed by atoms with Crippen LogP contribution in [0.3, 0.4) is 0 Å². The van der Waals surface area contributed by atoms with Crippen LogP contribution in [-0.4, -0.2) is 34.6 Å². The molecule has 6 heteroatoms. The van der Waals surface area contributed by atoms with Crippen LogP contribution >= 0.6 is 0 Å². The molecule has 0 radical (unpaired) electrons. The number of carbonyl (C=O) groups is 4. The van der Waals surface area contributed by atoms with E-state index in [1.54, 1.807) is 6.07 Å². The van der Waals surface area contributed by atoms with Crippen molar-refractivity contribution in [2.45, 2.75) is 58.4 Å². The third-order valence-corrected chi connectivity index (χ3v) is 6.30. The SMILES string of the molecule is CC(C)(C)C1CC(c2ccc3c(c2)C(=O)N(C2CCC(=O)NC2=O)C3=O)C1. The van der Waals surface area contributed by atoms with Gasteiger partial charge in [0.1, 0.15) is 6.04 Å². The lowest BCUT2D eigenvalue weighted by Gasteiger charge is -2.44. The Kier molecular flexibility index (Phi) is 3.98. The highest BCUT2D eigenvalue weighted by Gasteiger charge is 2.45. The maximum absolute atomic E-state index is 12.9. The van der Waals surface area contributed by atoms with Gasteiger partial charge in [-0.25, -0.2) is 0 Å². The first-order valence-electron chi connectivity index (χ1n) is 9.52. The van der Waals surface area contributed by atoms with Crippen LogP contribution in [0.1, 0.15) is 78.7 Å². The van der Waals surface area contributed by atoms with Crippen molar-refractivity contribution < 1.29 is 19.2 Å². The van der Waals surface area contributed by atoms with E-state index in [1.165, 1.54) is 0 Å². The van der Waals surface area contributed by atoms with E-state index in [4.69, 9.17) is 0 Å². The van der Waals surface area contributed by atoms with Gasteiger partial charge in [-0.1, -0.05) is 26.8 Å². The van der Waals surface area contributed by atoms with Crippen LogP contribution in [0.25, 0.3) is 0 Å². The number of nitrogens with one attached hydrogen (secondary N) is 1. The maximum Gasteiger partial charge on any atom is 0.262 e. The summed E-state index contributed by atoms with van der Waals surface area (Å²) in [5, 5.41) is 2.22.